The van der Waals surface area contributed by atoms with Crippen molar-refractivity contribution < 1.29 is 18.8 Å². The van der Waals surface area contributed by atoms with Gasteiger partial charge in [0.25, 0.3) is 11.8 Å². The zero-order chi connectivity index (χ0) is 13.8. The molecule has 0 atom stereocenters. The highest BCUT2D eigenvalue weighted by Gasteiger charge is 2.23. The van der Waals surface area contributed by atoms with E-state index < -0.39 is 11.8 Å². The molecule has 1 aromatic heterocycles. The molecule has 19 heavy (non-hydrogen) atoms. The molecule has 0 radical (unpaired) electrons. The van der Waals surface area contributed by atoms with Crippen molar-refractivity contribution >= 4 is 29.5 Å². The Labute approximate surface area is 113 Å². The minimum atomic E-state index is -0.457. The van der Waals surface area contributed by atoms with Gasteiger partial charge < -0.3 is 9.32 Å². The summed E-state index contributed by atoms with van der Waals surface area (Å²) in [6, 6.07) is 1.51. The molecule has 8 heteroatoms. The Hall–Kier alpha value is -1.96. The molecule has 1 aromatic rings. The number of hydrogen-bond acceptors (Lipinski definition) is 5. The Morgan fingerprint density at radius 3 is 2.84 bits per heavy atom. The second-order valence-electron chi connectivity index (χ2n) is 3.96. The lowest BCUT2D eigenvalue weighted by Gasteiger charge is -2.14. The smallest absolute Gasteiger partial charge is 0.273 e. The molecule has 0 aromatic carbocycles. The zero-order valence-electron chi connectivity index (χ0n) is 10.3. The maximum atomic E-state index is 11.7. The molecule has 2 rings (SSSR count). The van der Waals surface area contributed by atoms with Crippen molar-refractivity contribution in [1.82, 2.24) is 15.8 Å². The molecule has 102 valence electrons. The fourth-order valence-corrected chi connectivity index (χ4v) is 2.47. The standard InChI is InChI=1S/C11H13N3O4S/c1-7-8(2-3-18-7)11(17)13-12-9(15)4-14-6-19-5-10(14)16/h2-3H,4-6H2,1H3,(H,12,15)(H,13,17). The SMILES string of the molecule is Cc1occc1C(=O)NNC(=O)CN1CSCC1=O. The van der Waals surface area contributed by atoms with Crippen LogP contribution in [0, 0.1) is 6.92 Å². The van der Waals surface area contributed by atoms with Gasteiger partial charge in [-0.1, -0.05) is 0 Å². The molecule has 1 aliphatic rings. The number of aryl methyl sites for hydroxylation is 1. The van der Waals surface area contributed by atoms with Gasteiger partial charge in [0.1, 0.15) is 12.3 Å². The first-order valence-corrected chi connectivity index (χ1v) is 6.72. The largest absolute Gasteiger partial charge is 0.469 e. The lowest BCUT2D eigenvalue weighted by Crippen LogP contribution is -2.46. The molecule has 2 N–H and O–H groups in total. The van der Waals surface area contributed by atoms with Crippen LogP contribution in [0.5, 0.6) is 0 Å². The van der Waals surface area contributed by atoms with Gasteiger partial charge in [-0.2, -0.15) is 0 Å². The molecule has 7 nitrogen and oxygen atoms in total. The number of furan rings is 1. The number of hydrazine groups is 1. The average molecular weight is 283 g/mol. The van der Waals surface area contributed by atoms with Crippen molar-refractivity contribution in [3.63, 3.8) is 0 Å². The molecule has 0 aliphatic carbocycles. The summed E-state index contributed by atoms with van der Waals surface area (Å²) in [5.74, 6) is 0.400. The van der Waals surface area contributed by atoms with E-state index in [2.05, 4.69) is 10.9 Å². The Morgan fingerprint density at radius 2 is 2.26 bits per heavy atom. The molecule has 0 bridgehead atoms. The van der Waals surface area contributed by atoms with E-state index >= 15 is 0 Å². The number of hydrogen-bond donors (Lipinski definition) is 2. The quantitative estimate of drug-likeness (QED) is 0.755. The number of nitrogens with zero attached hydrogens (tertiary/aromatic N) is 1. The van der Waals surface area contributed by atoms with E-state index in [1.165, 1.54) is 29.0 Å². The summed E-state index contributed by atoms with van der Waals surface area (Å²) in [6.07, 6.45) is 1.40. The lowest BCUT2D eigenvalue weighted by atomic mass is 10.2. The van der Waals surface area contributed by atoms with Gasteiger partial charge in [0.15, 0.2) is 0 Å². The first-order valence-electron chi connectivity index (χ1n) is 5.56. The number of nitrogens with one attached hydrogen (secondary N) is 2. The number of thioether (sulfide) groups is 1. The van der Waals surface area contributed by atoms with Crippen LogP contribution in [0.15, 0.2) is 16.7 Å². The number of rotatable bonds is 3. The van der Waals surface area contributed by atoms with Crippen molar-refractivity contribution in [2.24, 2.45) is 0 Å². The highest BCUT2D eigenvalue weighted by molar-refractivity contribution is 8.00. The Morgan fingerprint density at radius 1 is 1.47 bits per heavy atom. The third-order valence-electron chi connectivity index (χ3n) is 2.58. The van der Waals surface area contributed by atoms with E-state index in [4.69, 9.17) is 4.42 Å². The fourth-order valence-electron chi connectivity index (χ4n) is 1.57. The average Bonchev–Trinajstić information content (AvgIpc) is 2.96. The molecule has 0 unspecified atom stereocenters. The van der Waals surface area contributed by atoms with Crippen LogP contribution in [0.3, 0.4) is 0 Å². The van der Waals surface area contributed by atoms with Gasteiger partial charge in [0.05, 0.1) is 23.5 Å². The number of carbonyl (C=O) groups excluding carboxylic acids is 3. The maximum absolute atomic E-state index is 11.7. The topological polar surface area (TPSA) is 91.7 Å². The molecule has 2 heterocycles. The van der Waals surface area contributed by atoms with Gasteiger partial charge >= 0.3 is 0 Å². The summed E-state index contributed by atoms with van der Waals surface area (Å²) in [6.45, 7) is 1.59. The maximum Gasteiger partial charge on any atom is 0.273 e. The van der Waals surface area contributed by atoms with E-state index in [9.17, 15) is 14.4 Å². The zero-order valence-corrected chi connectivity index (χ0v) is 11.1. The van der Waals surface area contributed by atoms with Crippen molar-refractivity contribution in [1.29, 1.82) is 0 Å². The Bertz CT molecular complexity index is 514. The van der Waals surface area contributed by atoms with E-state index in [1.54, 1.807) is 6.92 Å². The number of carbonyl (C=O) groups is 3. The van der Waals surface area contributed by atoms with E-state index in [-0.39, 0.29) is 12.5 Å². The summed E-state index contributed by atoms with van der Waals surface area (Å²) in [7, 11) is 0. The third kappa shape index (κ3) is 3.28. The minimum absolute atomic E-state index is 0.0590. The van der Waals surface area contributed by atoms with Crippen LogP contribution in [0.1, 0.15) is 16.1 Å². The third-order valence-corrected chi connectivity index (χ3v) is 3.52. The molecule has 0 saturated carbocycles. The van der Waals surface area contributed by atoms with E-state index in [0.29, 0.717) is 23.0 Å². The van der Waals surface area contributed by atoms with Crippen molar-refractivity contribution in [2.45, 2.75) is 6.92 Å². The molecule has 1 aliphatic heterocycles. The van der Waals surface area contributed by atoms with Crippen LogP contribution in [-0.4, -0.2) is 40.8 Å². The minimum Gasteiger partial charge on any atom is -0.469 e. The molecular weight excluding hydrogens is 270 g/mol. The summed E-state index contributed by atoms with van der Waals surface area (Å²) in [5.41, 5.74) is 4.89. The summed E-state index contributed by atoms with van der Waals surface area (Å²) < 4.78 is 4.98. The Balaban J connectivity index is 1.79. The summed E-state index contributed by atoms with van der Waals surface area (Å²) in [4.78, 5) is 35.9. The van der Waals surface area contributed by atoms with E-state index in [1.807, 2.05) is 0 Å². The Kier molecular flexibility index (Phi) is 4.10. The molecule has 0 spiro atoms. The van der Waals surface area contributed by atoms with Crippen LogP contribution in [-0.2, 0) is 9.59 Å². The first kappa shape index (κ1) is 13.5. The molecule has 1 fully saturated rings. The predicted molar refractivity (Wildman–Crippen MR) is 68.1 cm³/mol. The van der Waals surface area contributed by atoms with Gasteiger partial charge in [0, 0.05) is 0 Å². The lowest BCUT2D eigenvalue weighted by molar-refractivity contribution is -0.132. The molecule has 1 saturated heterocycles. The van der Waals surface area contributed by atoms with Gasteiger partial charge in [-0.05, 0) is 13.0 Å². The second kappa shape index (κ2) is 5.79. The van der Waals surface area contributed by atoms with Gasteiger partial charge in [-0.25, -0.2) is 0 Å². The van der Waals surface area contributed by atoms with Crippen molar-refractivity contribution in [3.8, 4) is 0 Å². The predicted octanol–water partition coefficient (Wildman–Crippen LogP) is -0.118. The van der Waals surface area contributed by atoms with E-state index in [0.717, 1.165) is 0 Å². The normalized spacial score (nSPS) is 14.6. The van der Waals surface area contributed by atoms with Crippen molar-refractivity contribution in [3.05, 3.63) is 23.7 Å². The van der Waals surface area contributed by atoms with Crippen molar-refractivity contribution in [2.75, 3.05) is 18.2 Å². The van der Waals surface area contributed by atoms with Crippen LogP contribution < -0.4 is 10.9 Å². The van der Waals surface area contributed by atoms with Gasteiger partial charge in [-0.3, -0.25) is 25.2 Å². The molecule has 3 amide bonds. The van der Waals surface area contributed by atoms with Gasteiger partial charge in [0.2, 0.25) is 5.91 Å². The van der Waals surface area contributed by atoms with Crippen LogP contribution in [0.4, 0.5) is 0 Å². The second-order valence-corrected chi connectivity index (χ2v) is 4.92. The van der Waals surface area contributed by atoms with Gasteiger partial charge in [-0.15, -0.1) is 11.8 Å². The fraction of sp³-hybridized carbons (Fsp3) is 0.364. The van der Waals surface area contributed by atoms with Crippen LogP contribution in [0.2, 0.25) is 0 Å². The number of amides is 3. The monoisotopic (exact) mass is 283 g/mol. The van der Waals surface area contributed by atoms with Crippen LogP contribution >= 0.6 is 11.8 Å². The molecular formula is C11H13N3O4S. The highest BCUT2D eigenvalue weighted by atomic mass is 32.2. The highest BCUT2D eigenvalue weighted by Crippen LogP contribution is 2.13. The summed E-state index contributed by atoms with van der Waals surface area (Å²) >= 11 is 1.45. The summed E-state index contributed by atoms with van der Waals surface area (Å²) in [5, 5.41) is 0. The van der Waals surface area contributed by atoms with Crippen LogP contribution in [0.25, 0.3) is 0 Å². The first-order chi connectivity index (χ1) is 9.08.